The Morgan fingerprint density at radius 2 is 2.00 bits per heavy atom. The molecule has 1 aromatic heterocycles. The first-order chi connectivity index (χ1) is 11.6. The number of benzene rings is 2. The quantitative estimate of drug-likeness (QED) is 0.674. The normalized spacial score (nSPS) is 11.6. The zero-order valence-corrected chi connectivity index (χ0v) is 14.6. The van der Waals surface area contributed by atoms with Crippen molar-refractivity contribution >= 4 is 27.5 Å². The number of amides is 1. The minimum atomic E-state index is -0.159. The minimum absolute atomic E-state index is 0.159. The van der Waals surface area contributed by atoms with Gasteiger partial charge < -0.3 is 4.57 Å². The van der Waals surface area contributed by atoms with E-state index in [1.54, 1.807) is 0 Å². The Hall–Kier alpha value is -2.64. The third-order valence-corrected chi connectivity index (χ3v) is 4.81. The van der Waals surface area contributed by atoms with Gasteiger partial charge in [0.1, 0.15) is 0 Å². The molecular formula is C20H18N2OS. The molecule has 2 aromatic carbocycles. The predicted molar refractivity (Wildman–Crippen MR) is 98.8 cm³/mol. The van der Waals surface area contributed by atoms with Crippen LogP contribution in [-0.2, 0) is 17.8 Å². The number of carbonyl (C=O) groups is 1. The van der Waals surface area contributed by atoms with E-state index in [2.05, 4.69) is 36.9 Å². The zero-order chi connectivity index (χ0) is 17.1. The summed E-state index contributed by atoms with van der Waals surface area (Å²) >= 11 is 1.51. The van der Waals surface area contributed by atoms with Gasteiger partial charge in [-0.05, 0) is 36.6 Å². The molecule has 3 aromatic rings. The van der Waals surface area contributed by atoms with E-state index in [0.717, 1.165) is 21.3 Å². The summed E-state index contributed by atoms with van der Waals surface area (Å²) in [5.41, 5.74) is 4.36. The molecule has 24 heavy (non-hydrogen) atoms. The van der Waals surface area contributed by atoms with Gasteiger partial charge in [-0.3, -0.25) is 4.79 Å². The lowest BCUT2D eigenvalue weighted by atomic mass is 10.1. The summed E-state index contributed by atoms with van der Waals surface area (Å²) in [7, 11) is 0. The van der Waals surface area contributed by atoms with Gasteiger partial charge in [0.05, 0.1) is 23.2 Å². The standard InChI is InChI=1S/C20H18N2OS/c1-4-10-22-19-15(3)11-14(2)12-17(19)24-20(22)21-18(23)13-16-8-6-5-7-9-16/h1,5-9,11-12H,10,13H2,2-3H3. The minimum Gasteiger partial charge on any atom is -0.304 e. The van der Waals surface area contributed by atoms with Crippen LogP contribution in [0.2, 0.25) is 0 Å². The molecule has 0 saturated heterocycles. The molecule has 0 saturated carbocycles. The van der Waals surface area contributed by atoms with Gasteiger partial charge >= 0.3 is 0 Å². The summed E-state index contributed by atoms with van der Waals surface area (Å²) in [6.07, 6.45) is 5.82. The second-order valence-electron chi connectivity index (χ2n) is 5.77. The number of hydrogen-bond donors (Lipinski definition) is 0. The van der Waals surface area contributed by atoms with Crippen molar-refractivity contribution in [3.63, 3.8) is 0 Å². The fraction of sp³-hybridized carbons (Fsp3) is 0.200. The van der Waals surface area contributed by atoms with Crippen molar-refractivity contribution in [2.45, 2.75) is 26.8 Å². The van der Waals surface area contributed by atoms with Gasteiger partial charge in [0, 0.05) is 0 Å². The Balaban J connectivity index is 2.08. The lowest BCUT2D eigenvalue weighted by Gasteiger charge is -2.04. The molecular weight excluding hydrogens is 316 g/mol. The molecule has 0 bridgehead atoms. The molecule has 4 heteroatoms. The molecule has 0 aliphatic carbocycles. The van der Waals surface area contributed by atoms with Gasteiger partial charge in [0.2, 0.25) is 0 Å². The molecule has 3 rings (SSSR count). The Labute approximate surface area is 145 Å². The number of fused-ring (bicyclic) bond motifs is 1. The van der Waals surface area contributed by atoms with Crippen LogP contribution in [0.1, 0.15) is 16.7 Å². The molecule has 1 heterocycles. The van der Waals surface area contributed by atoms with E-state index in [4.69, 9.17) is 6.42 Å². The largest absolute Gasteiger partial charge is 0.304 e. The first-order valence-corrected chi connectivity index (χ1v) is 8.55. The Bertz CT molecular complexity index is 1000. The van der Waals surface area contributed by atoms with E-state index in [1.807, 2.05) is 34.9 Å². The number of aryl methyl sites for hydroxylation is 2. The molecule has 120 valence electrons. The SMILES string of the molecule is C#CCn1c(=NC(=O)Cc2ccccc2)sc2cc(C)cc(C)c21. The number of nitrogens with zero attached hydrogens (tertiary/aromatic N) is 2. The van der Waals surface area contributed by atoms with Crippen LogP contribution < -0.4 is 4.80 Å². The highest BCUT2D eigenvalue weighted by Gasteiger charge is 2.10. The lowest BCUT2D eigenvalue weighted by Crippen LogP contribution is -2.17. The maximum absolute atomic E-state index is 12.3. The maximum Gasteiger partial charge on any atom is 0.252 e. The number of thiazole rings is 1. The molecule has 0 aliphatic heterocycles. The van der Waals surface area contributed by atoms with E-state index in [-0.39, 0.29) is 5.91 Å². The van der Waals surface area contributed by atoms with Crippen LogP contribution in [0.25, 0.3) is 10.2 Å². The fourth-order valence-electron chi connectivity index (χ4n) is 2.83. The van der Waals surface area contributed by atoms with Gasteiger partial charge in [0.15, 0.2) is 4.80 Å². The molecule has 0 atom stereocenters. The number of hydrogen-bond acceptors (Lipinski definition) is 2. The third-order valence-electron chi connectivity index (χ3n) is 3.78. The monoisotopic (exact) mass is 334 g/mol. The summed E-state index contributed by atoms with van der Waals surface area (Å²) in [5.74, 6) is 2.51. The molecule has 0 N–H and O–H groups in total. The van der Waals surface area contributed by atoms with Crippen molar-refractivity contribution < 1.29 is 4.79 Å². The van der Waals surface area contributed by atoms with Crippen LogP contribution in [0.5, 0.6) is 0 Å². The molecule has 0 fully saturated rings. The second kappa shape index (κ2) is 6.86. The van der Waals surface area contributed by atoms with Crippen LogP contribution in [0.4, 0.5) is 0 Å². The van der Waals surface area contributed by atoms with Crippen molar-refractivity contribution in [1.82, 2.24) is 4.57 Å². The van der Waals surface area contributed by atoms with Gasteiger partial charge in [-0.2, -0.15) is 4.99 Å². The average Bonchev–Trinajstić information content (AvgIpc) is 2.86. The molecule has 0 aliphatic rings. The van der Waals surface area contributed by atoms with E-state index in [9.17, 15) is 4.79 Å². The highest BCUT2D eigenvalue weighted by atomic mass is 32.1. The smallest absolute Gasteiger partial charge is 0.252 e. The predicted octanol–water partition coefficient (Wildman–Crippen LogP) is 3.62. The number of rotatable bonds is 3. The van der Waals surface area contributed by atoms with E-state index >= 15 is 0 Å². The van der Waals surface area contributed by atoms with Crippen molar-refractivity contribution in [3.8, 4) is 12.3 Å². The number of carbonyl (C=O) groups excluding carboxylic acids is 1. The maximum atomic E-state index is 12.3. The number of aromatic nitrogens is 1. The highest BCUT2D eigenvalue weighted by molar-refractivity contribution is 7.16. The molecule has 0 unspecified atom stereocenters. The van der Waals surface area contributed by atoms with Crippen molar-refractivity contribution in [2.24, 2.45) is 4.99 Å². The third kappa shape index (κ3) is 3.32. The average molecular weight is 334 g/mol. The van der Waals surface area contributed by atoms with Gasteiger partial charge in [-0.15, -0.1) is 6.42 Å². The van der Waals surface area contributed by atoms with Crippen LogP contribution in [0.3, 0.4) is 0 Å². The van der Waals surface area contributed by atoms with Crippen molar-refractivity contribution in [1.29, 1.82) is 0 Å². The van der Waals surface area contributed by atoms with E-state index in [0.29, 0.717) is 17.8 Å². The van der Waals surface area contributed by atoms with Crippen LogP contribution >= 0.6 is 11.3 Å². The lowest BCUT2D eigenvalue weighted by molar-refractivity contribution is -0.117. The molecule has 1 amide bonds. The molecule has 0 spiro atoms. The van der Waals surface area contributed by atoms with E-state index in [1.165, 1.54) is 16.9 Å². The topological polar surface area (TPSA) is 34.4 Å². The summed E-state index contributed by atoms with van der Waals surface area (Å²) in [6, 6.07) is 13.9. The van der Waals surface area contributed by atoms with Crippen molar-refractivity contribution in [3.05, 3.63) is 64.0 Å². The highest BCUT2D eigenvalue weighted by Crippen LogP contribution is 2.23. The first-order valence-electron chi connectivity index (χ1n) is 7.74. The number of terminal acetylenes is 1. The fourth-order valence-corrected chi connectivity index (χ4v) is 4.05. The molecule has 3 nitrogen and oxygen atoms in total. The zero-order valence-electron chi connectivity index (χ0n) is 13.7. The second-order valence-corrected chi connectivity index (χ2v) is 6.78. The summed E-state index contributed by atoms with van der Waals surface area (Å²) in [6.45, 7) is 4.53. The summed E-state index contributed by atoms with van der Waals surface area (Å²) in [5, 5.41) is 0. The van der Waals surface area contributed by atoms with Crippen LogP contribution in [-0.4, -0.2) is 10.5 Å². The van der Waals surface area contributed by atoms with Gasteiger partial charge in [-0.1, -0.05) is 53.7 Å². The van der Waals surface area contributed by atoms with Crippen LogP contribution in [0, 0.1) is 26.2 Å². The summed E-state index contributed by atoms with van der Waals surface area (Å²) < 4.78 is 3.06. The van der Waals surface area contributed by atoms with Gasteiger partial charge in [-0.25, -0.2) is 0 Å². The van der Waals surface area contributed by atoms with E-state index < -0.39 is 0 Å². The first kappa shape index (κ1) is 16.2. The summed E-state index contributed by atoms with van der Waals surface area (Å²) in [4.78, 5) is 17.3. The van der Waals surface area contributed by atoms with Crippen molar-refractivity contribution in [2.75, 3.05) is 0 Å². The Kier molecular flexibility index (Phi) is 4.64. The Morgan fingerprint density at radius 1 is 1.25 bits per heavy atom. The Morgan fingerprint density at radius 3 is 2.71 bits per heavy atom. The van der Waals surface area contributed by atoms with Crippen LogP contribution in [0.15, 0.2) is 47.5 Å². The van der Waals surface area contributed by atoms with Gasteiger partial charge in [0.25, 0.3) is 5.91 Å². The molecule has 0 radical (unpaired) electrons.